The van der Waals surface area contributed by atoms with Crippen molar-refractivity contribution in [1.82, 2.24) is 10.2 Å². The summed E-state index contributed by atoms with van der Waals surface area (Å²) in [7, 11) is 0. The molecule has 0 aliphatic carbocycles. The number of amides is 1. The average molecular weight is 353 g/mol. The van der Waals surface area contributed by atoms with Crippen molar-refractivity contribution in [3.8, 4) is 0 Å². The average Bonchev–Trinajstić information content (AvgIpc) is 2.55. The molecule has 2 aromatic rings. The third-order valence-electron chi connectivity index (χ3n) is 4.08. The van der Waals surface area contributed by atoms with Gasteiger partial charge in [-0.15, -0.1) is 12.4 Å². The maximum absolute atomic E-state index is 13.8. The van der Waals surface area contributed by atoms with E-state index in [1.165, 1.54) is 12.1 Å². The Morgan fingerprint density at radius 1 is 1.00 bits per heavy atom. The second-order valence-electron chi connectivity index (χ2n) is 5.65. The van der Waals surface area contributed by atoms with Crippen LogP contribution in [0.25, 0.3) is 0 Å². The molecule has 3 rings (SSSR count). The molecule has 0 spiro atoms. The quantitative estimate of drug-likeness (QED) is 0.917. The molecule has 1 fully saturated rings. The molecule has 128 valence electrons. The molecule has 1 saturated heterocycles. The highest BCUT2D eigenvalue weighted by molar-refractivity contribution is 5.85. The van der Waals surface area contributed by atoms with Crippen LogP contribution in [0.15, 0.2) is 48.5 Å². The predicted octanol–water partition coefficient (Wildman–Crippen LogP) is 2.93. The summed E-state index contributed by atoms with van der Waals surface area (Å²) in [5, 5.41) is 3.12. The van der Waals surface area contributed by atoms with E-state index in [9.17, 15) is 13.6 Å². The van der Waals surface area contributed by atoms with Gasteiger partial charge in [-0.1, -0.05) is 36.4 Å². The molecule has 0 radical (unpaired) electrons. The van der Waals surface area contributed by atoms with E-state index >= 15 is 0 Å². The standard InChI is InChI=1S/C18H18F2N2O.ClH/c19-15-7-3-1-5-13(15)11-17-18(23)22(10-9-21-17)12-14-6-2-4-8-16(14)20;/h1-8,17,21H,9-12H2;1H. The van der Waals surface area contributed by atoms with Gasteiger partial charge in [0.05, 0.1) is 6.04 Å². The molecule has 1 aliphatic rings. The molecule has 3 nitrogen and oxygen atoms in total. The first-order chi connectivity index (χ1) is 11.1. The van der Waals surface area contributed by atoms with Gasteiger partial charge in [-0.25, -0.2) is 8.78 Å². The van der Waals surface area contributed by atoms with Gasteiger partial charge in [0.2, 0.25) is 5.91 Å². The van der Waals surface area contributed by atoms with Gasteiger partial charge in [-0.2, -0.15) is 0 Å². The lowest BCUT2D eigenvalue weighted by molar-refractivity contribution is -0.136. The molecule has 24 heavy (non-hydrogen) atoms. The van der Waals surface area contributed by atoms with E-state index in [1.807, 2.05) is 0 Å². The molecule has 0 bridgehead atoms. The minimum atomic E-state index is -0.479. The molecule has 0 aromatic heterocycles. The van der Waals surface area contributed by atoms with Gasteiger partial charge in [0, 0.05) is 25.2 Å². The van der Waals surface area contributed by atoms with E-state index in [0.717, 1.165) is 0 Å². The number of nitrogens with zero attached hydrogens (tertiary/aromatic N) is 1. The van der Waals surface area contributed by atoms with Crippen LogP contribution >= 0.6 is 12.4 Å². The SMILES string of the molecule is Cl.O=C1C(Cc2ccccc2F)NCCN1Cc1ccccc1F. The second-order valence-corrected chi connectivity index (χ2v) is 5.65. The predicted molar refractivity (Wildman–Crippen MR) is 91.0 cm³/mol. The summed E-state index contributed by atoms with van der Waals surface area (Å²) in [6.45, 7) is 1.36. The van der Waals surface area contributed by atoms with Gasteiger partial charge in [0.1, 0.15) is 11.6 Å². The summed E-state index contributed by atoms with van der Waals surface area (Å²) in [5.41, 5.74) is 0.999. The van der Waals surface area contributed by atoms with E-state index in [-0.39, 0.29) is 36.5 Å². The lowest BCUT2D eigenvalue weighted by Crippen LogP contribution is -2.55. The van der Waals surface area contributed by atoms with E-state index in [4.69, 9.17) is 0 Å². The van der Waals surface area contributed by atoms with Crippen molar-refractivity contribution in [1.29, 1.82) is 0 Å². The molecule has 1 N–H and O–H groups in total. The first-order valence-electron chi connectivity index (χ1n) is 7.64. The van der Waals surface area contributed by atoms with Gasteiger partial charge in [-0.05, 0) is 24.1 Å². The maximum atomic E-state index is 13.8. The summed E-state index contributed by atoms with van der Waals surface area (Å²) in [6.07, 6.45) is 0.291. The number of carbonyl (C=O) groups is 1. The molecule has 2 aromatic carbocycles. The molecule has 6 heteroatoms. The van der Waals surface area contributed by atoms with Crippen molar-refractivity contribution in [2.45, 2.75) is 19.0 Å². The lowest BCUT2D eigenvalue weighted by atomic mass is 10.0. The zero-order valence-electron chi connectivity index (χ0n) is 13.0. The molecular weight excluding hydrogens is 334 g/mol. The third-order valence-corrected chi connectivity index (χ3v) is 4.08. The Hall–Kier alpha value is -1.98. The number of piperazine rings is 1. The highest BCUT2D eigenvalue weighted by atomic mass is 35.5. The number of carbonyl (C=O) groups excluding carboxylic acids is 1. The van der Waals surface area contributed by atoms with Crippen LogP contribution in [-0.2, 0) is 17.8 Å². The largest absolute Gasteiger partial charge is 0.336 e. The zero-order valence-corrected chi connectivity index (χ0v) is 13.9. The van der Waals surface area contributed by atoms with Gasteiger partial charge in [0.15, 0.2) is 0 Å². The molecule has 1 amide bonds. The van der Waals surface area contributed by atoms with Crippen LogP contribution in [0.4, 0.5) is 8.78 Å². The number of hydrogen-bond acceptors (Lipinski definition) is 2. The first-order valence-corrected chi connectivity index (χ1v) is 7.64. The molecule has 1 aliphatic heterocycles. The van der Waals surface area contributed by atoms with Crippen molar-refractivity contribution in [2.24, 2.45) is 0 Å². The highest BCUT2D eigenvalue weighted by Crippen LogP contribution is 2.16. The highest BCUT2D eigenvalue weighted by Gasteiger charge is 2.29. The maximum Gasteiger partial charge on any atom is 0.240 e. The van der Waals surface area contributed by atoms with Crippen molar-refractivity contribution < 1.29 is 13.6 Å². The van der Waals surface area contributed by atoms with E-state index < -0.39 is 6.04 Å². The first kappa shape index (κ1) is 18.4. The number of nitrogens with one attached hydrogen (secondary N) is 1. The fraction of sp³-hybridized carbons (Fsp3) is 0.278. The van der Waals surface area contributed by atoms with Gasteiger partial charge in [-0.3, -0.25) is 4.79 Å². The monoisotopic (exact) mass is 352 g/mol. The van der Waals surface area contributed by atoms with Crippen LogP contribution in [0.1, 0.15) is 11.1 Å². The topological polar surface area (TPSA) is 32.3 Å². The Morgan fingerprint density at radius 3 is 2.21 bits per heavy atom. The van der Waals surface area contributed by atoms with Crippen molar-refractivity contribution in [3.05, 3.63) is 71.3 Å². The minimum Gasteiger partial charge on any atom is -0.336 e. The zero-order chi connectivity index (χ0) is 16.2. The van der Waals surface area contributed by atoms with Gasteiger partial charge >= 0.3 is 0 Å². The van der Waals surface area contributed by atoms with Crippen molar-refractivity contribution in [2.75, 3.05) is 13.1 Å². The fourth-order valence-electron chi connectivity index (χ4n) is 2.82. The van der Waals surface area contributed by atoms with E-state index in [1.54, 1.807) is 41.3 Å². The van der Waals surface area contributed by atoms with E-state index in [2.05, 4.69) is 5.32 Å². The van der Waals surface area contributed by atoms with Crippen LogP contribution < -0.4 is 5.32 Å². The van der Waals surface area contributed by atoms with Crippen LogP contribution in [0, 0.1) is 11.6 Å². The normalized spacial score (nSPS) is 17.5. The van der Waals surface area contributed by atoms with Crippen LogP contribution in [0.3, 0.4) is 0 Å². The molecule has 1 atom stereocenters. The van der Waals surface area contributed by atoms with Gasteiger partial charge < -0.3 is 10.2 Å². The summed E-state index contributed by atoms with van der Waals surface area (Å²) in [4.78, 5) is 14.2. The number of halogens is 3. The Labute approximate surface area is 146 Å². The third kappa shape index (κ3) is 4.10. The van der Waals surface area contributed by atoms with E-state index in [0.29, 0.717) is 30.6 Å². The molecular formula is C18H19ClF2N2O. The Balaban J connectivity index is 0.00000208. The summed E-state index contributed by atoms with van der Waals surface area (Å²) in [5.74, 6) is -0.749. The molecule has 1 heterocycles. The minimum absolute atomic E-state index is 0. The second kappa shape index (κ2) is 8.22. The Kier molecular flexibility index (Phi) is 6.29. The van der Waals surface area contributed by atoms with Crippen LogP contribution in [0.5, 0.6) is 0 Å². The van der Waals surface area contributed by atoms with Crippen LogP contribution in [0.2, 0.25) is 0 Å². The Morgan fingerprint density at radius 2 is 1.58 bits per heavy atom. The number of rotatable bonds is 4. The fourth-order valence-corrected chi connectivity index (χ4v) is 2.82. The summed E-state index contributed by atoms with van der Waals surface area (Å²) < 4.78 is 27.5. The summed E-state index contributed by atoms with van der Waals surface area (Å²) in [6, 6.07) is 12.4. The van der Waals surface area contributed by atoms with Crippen molar-refractivity contribution in [3.63, 3.8) is 0 Å². The lowest BCUT2D eigenvalue weighted by Gasteiger charge is -2.33. The van der Waals surface area contributed by atoms with Crippen LogP contribution in [-0.4, -0.2) is 29.9 Å². The molecule has 1 unspecified atom stereocenters. The summed E-state index contributed by atoms with van der Waals surface area (Å²) >= 11 is 0. The number of benzene rings is 2. The number of hydrogen-bond donors (Lipinski definition) is 1. The Bertz CT molecular complexity index is 653. The van der Waals surface area contributed by atoms with Gasteiger partial charge in [0.25, 0.3) is 0 Å². The molecule has 0 saturated carbocycles. The smallest absolute Gasteiger partial charge is 0.240 e. The van der Waals surface area contributed by atoms with Crippen molar-refractivity contribution >= 4 is 18.3 Å².